The predicted molar refractivity (Wildman–Crippen MR) is 66.6 cm³/mol. The van der Waals surface area contributed by atoms with E-state index in [0.29, 0.717) is 11.6 Å². The highest BCUT2D eigenvalue weighted by Gasteiger charge is 2.36. The summed E-state index contributed by atoms with van der Waals surface area (Å²) in [5.41, 5.74) is 0. The van der Waals surface area contributed by atoms with Crippen molar-refractivity contribution >= 4 is 33.6 Å². The van der Waals surface area contributed by atoms with E-state index in [9.17, 15) is 9.59 Å². The SMILES string of the molecule is COc1cc(Br)cnc1N1CC(C(=O)O)CC1=O. The van der Waals surface area contributed by atoms with Gasteiger partial charge in [-0.1, -0.05) is 0 Å². The fourth-order valence-electron chi connectivity index (χ4n) is 1.84. The summed E-state index contributed by atoms with van der Waals surface area (Å²) in [5, 5.41) is 8.93. The van der Waals surface area contributed by atoms with Crippen molar-refractivity contribution in [1.82, 2.24) is 4.98 Å². The van der Waals surface area contributed by atoms with Gasteiger partial charge in [0.25, 0.3) is 0 Å². The monoisotopic (exact) mass is 314 g/mol. The fraction of sp³-hybridized carbons (Fsp3) is 0.364. The lowest BCUT2D eigenvalue weighted by Crippen LogP contribution is -2.27. The molecule has 6 nitrogen and oxygen atoms in total. The molecule has 2 heterocycles. The van der Waals surface area contributed by atoms with Gasteiger partial charge >= 0.3 is 5.97 Å². The van der Waals surface area contributed by atoms with Gasteiger partial charge in [-0.05, 0) is 22.0 Å². The maximum Gasteiger partial charge on any atom is 0.308 e. The second kappa shape index (κ2) is 4.93. The van der Waals surface area contributed by atoms with Crippen LogP contribution in [0.5, 0.6) is 5.75 Å². The molecule has 1 aliphatic heterocycles. The first-order valence-electron chi connectivity index (χ1n) is 5.25. The number of carbonyl (C=O) groups excluding carboxylic acids is 1. The van der Waals surface area contributed by atoms with Gasteiger partial charge in [-0.2, -0.15) is 0 Å². The summed E-state index contributed by atoms with van der Waals surface area (Å²) in [6.45, 7) is 0.124. The van der Waals surface area contributed by atoms with E-state index in [4.69, 9.17) is 9.84 Å². The molecule has 1 atom stereocenters. The molecular weight excluding hydrogens is 304 g/mol. The number of halogens is 1. The largest absolute Gasteiger partial charge is 0.493 e. The Balaban J connectivity index is 2.32. The van der Waals surface area contributed by atoms with Gasteiger partial charge in [0.05, 0.1) is 13.0 Å². The molecule has 1 aromatic rings. The second-order valence-corrected chi connectivity index (χ2v) is 4.84. The van der Waals surface area contributed by atoms with E-state index < -0.39 is 11.9 Å². The lowest BCUT2D eigenvalue weighted by molar-refractivity contribution is -0.141. The molecule has 0 spiro atoms. The predicted octanol–water partition coefficient (Wildman–Crippen LogP) is 1.29. The number of pyridine rings is 1. The molecule has 1 fully saturated rings. The Bertz CT molecular complexity index is 506. The molecule has 2 rings (SSSR count). The Morgan fingerprint density at radius 2 is 2.39 bits per heavy atom. The Labute approximate surface area is 112 Å². The van der Waals surface area contributed by atoms with Gasteiger partial charge in [0.15, 0.2) is 11.6 Å². The topological polar surface area (TPSA) is 79.7 Å². The molecule has 96 valence electrons. The molecule has 1 amide bonds. The number of anilines is 1. The highest BCUT2D eigenvalue weighted by atomic mass is 79.9. The number of hydrogen-bond donors (Lipinski definition) is 1. The number of nitrogens with zero attached hydrogens (tertiary/aromatic N) is 2. The summed E-state index contributed by atoms with van der Waals surface area (Å²) in [6, 6.07) is 1.68. The Morgan fingerprint density at radius 3 is 2.94 bits per heavy atom. The molecule has 1 N–H and O–H groups in total. The molecule has 0 aliphatic carbocycles. The standard InChI is InChI=1S/C11H11BrN2O4/c1-18-8-3-7(12)4-13-10(8)14-5-6(11(16)17)2-9(14)15/h3-4,6H,2,5H2,1H3,(H,16,17). The van der Waals surface area contributed by atoms with Crippen molar-refractivity contribution in [3.8, 4) is 5.75 Å². The van der Waals surface area contributed by atoms with Crippen LogP contribution in [-0.2, 0) is 9.59 Å². The Kier molecular flexibility index (Phi) is 3.51. The van der Waals surface area contributed by atoms with E-state index in [1.807, 2.05) is 0 Å². The van der Waals surface area contributed by atoms with Crippen molar-refractivity contribution < 1.29 is 19.4 Å². The molecule has 1 unspecified atom stereocenters. The van der Waals surface area contributed by atoms with Gasteiger partial charge in [-0.15, -0.1) is 0 Å². The van der Waals surface area contributed by atoms with Gasteiger partial charge in [-0.3, -0.25) is 14.5 Å². The van der Waals surface area contributed by atoms with Crippen molar-refractivity contribution in [3.05, 3.63) is 16.7 Å². The number of aromatic nitrogens is 1. The van der Waals surface area contributed by atoms with Gasteiger partial charge in [0, 0.05) is 23.6 Å². The number of rotatable bonds is 3. The summed E-state index contributed by atoms with van der Waals surface area (Å²) >= 11 is 3.26. The van der Waals surface area contributed by atoms with Crippen molar-refractivity contribution in [2.24, 2.45) is 5.92 Å². The number of carboxylic acids is 1. The van der Waals surface area contributed by atoms with E-state index in [2.05, 4.69) is 20.9 Å². The third-order valence-corrected chi connectivity index (χ3v) is 3.18. The van der Waals surface area contributed by atoms with Crippen LogP contribution in [-0.4, -0.2) is 35.6 Å². The highest BCUT2D eigenvalue weighted by Crippen LogP contribution is 2.32. The average Bonchev–Trinajstić information content (AvgIpc) is 2.71. The van der Waals surface area contributed by atoms with Crippen LogP contribution in [0.2, 0.25) is 0 Å². The average molecular weight is 315 g/mol. The maximum absolute atomic E-state index is 11.8. The molecule has 7 heteroatoms. The molecule has 0 radical (unpaired) electrons. The summed E-state index contributed by atoms with van der Waals surface area (Å²) in [5.74, 6) is -1.12. The third kappa shape index (κ3) is 2.31. The molecule has 0 aromatic carbocycles. The number of aliphatic carboxylic acids is 1. The van der Waals surface area contributed by atoms with Gasteiger partial charge in [0.2, 0.25) is 5.91 Å². The number of ether oxygens (including phenoxy) is 1. The van der Waals surface area contributed by atoms with Crippen LogP contribution in [0.1, 0.15) is 6.42 Å². The minimum atomic E-state index is -0.970. The number of hydrogen-bond acceptors (Lipinski definition) is 4. The number of methoxy groups -OCH3 is 1. The molecular formula is C11H11BrN2O4. The molecule has 1 aliphatic rings. The molecule has 18 heavy (non-hydrogen) atoms. The summed E-state index contributed by atoms with van der Waals surface area (Å²) in [6.07, 6.45) is 1.54. The molecule has 0 saturated carbocycles. The van der Waals surface area contributed by atoms with Crippen LogP contribution in [0.4, 0.5) is 5.82 Å². The van der Waals surface area contributed by atoms with Crippen LogP contribution in [0.15, 0.2) is 16.7 Å². The third-order valence-electron chi connectivity index (χ3n) is 2.75. The quantitative estimate of drug-likeness (QED) is 0.909. The first kappa shape index (κ1) is 12.8. The Hall–Kier alpha value is -1.63. The van der Waals surface area contributed by atoms with Crippen molar-refractivity contribution in [3.63, 3.8) is 0 Å². The smallest absolute Gasteiger partial charge is 0.308 e. The number of carbonyl (C=O) groups is 2. The summed E-state index contributed by atoms with van der Waals surface area (Å²) in [4.78, 5) is 28.2. The minimum Gasteiger partial charge on any atom is -0.493 e. The van der Waals surface area contributed by atoms with Crippen LogP contribution in [0.3, 0.4) is 0 Å². The van der Waals surface area contributed by atoms with Gasteiger partial charge in [0.1, 0.15) is 0 Å². The van der Waals surface area contributed by atoms with Crippen molar-refractivity contribution in [2.75, 3.05) is 18.6 Å². The van der Waals surface area contributed by atoms with Gasteiger partial charge < -0.3 is 9.84 Å². The summed E-state index contributed by atoms with van der Waals surface area (Å²) < 4.78 is 5.88. The maximum atomic E-state index is 11.8. The van der Waals surface area contributed by atoms with Crippen LogP contribution in [0, 0.1) is 5.92 Å². The number of amides is 1. The van der Waals surface area contributed by atoms with Crippen LogP contribution < -0.4 is 9.64 Å². The van der Waals surface area contributed by atoms with E-state index >= 15 is 0 Å². The second-order valence-electron chi connectivity index (χ2n) is 3.92. The zero-order valence-corrected chi connectivity index (χ0v) is 11.2. The van der Waals surface area contributed by atoms with E-state index in [1.165, 1.54) is 12.0 Å². The van der Waals surface area contributed by atoms with E-state index in [0.717, 1.165) is 4.47 Å². The lowest BCUT2D eigenvalue weighted by Gasteiger charge is -2.17. The first-order valence-corrected chi connectivity index (χ1v) is 6.05. The molecule has 1 saturated heterocycles. The zero-order valence-electron chi connectivity index (χ0n) is 9.59. The minimum absolute atomic E-state index is 0.00374. The van der Waals surface area contributed by atoms with Crippen molar-refractivity contribution in [2.45, 2.75) is 6.42 Å². The van der Waals surface area contributed by atoms with Gasteiger partial charge in [-0.25, -0.2) is 4.98 Å². The van der Waals surface area contributed by atoms with E-state index in [1.54, 1.807) is 12.3 Å². The zero-order chi connectivity index (χ0) is 13.3. The molecule has 1 aromatic heterocycles. The Morgan fingerprint density at radius 1 is 1.67 bits per heavy atom. The highest BCUT2D eigenvalue weighted by molar-refractivity contribution is 9.10. The van der Waals surface area contributed by atoms with Crippen molar-refractivity contribution in [1.29, 1.82) is 0 Å². The van der Waals surface area contributed by atoms with Crippen LogP contribution >= 0.6 is 15.9 Å². The lowest BCUT2D eigenvalue weighted by atomic mass is 10.1. The first-order chi connectivity index (χ1) is 8.52. The van der Waals surface area contributed by atoms with Crippen LogP contribution in [0.25, 0.3) is 0 Å². The summed E-state index contributed by atoms with van der Waals surface area (Å²) in [7, 11) is 1.47. The number of carboxylic acid groups (broad SMARTS) is 1. The normalized spacial score (nSPS) is 19.1. The van der Waals surface area contributed by atoms with E-state index in [-0.39, 0.29) is 18.9 Å². The molecule has 0 bridgehead atoms. The fourth-order valence-corrected chi connectivity index (χ4v) is 2.15.